The minimum absolute atomic E-state index is 0.180. The van der Waals surface area contributed by atoms with Crippen molar-refractivity contribution in [2.24, 2.45) is 0 Å². The molecule has 0 fully saturated rings. The summed E-state index contributed by atoms with van der Waals surface area (Å²) in [6.07, 6.45) is 96.1. The third kappa shape index (κ3) is 71.0. The molecule has 0 aromatic heterocycles. The van der Waals surface area contributed by atoms with E-state index in [0.717, 1.165) is 116 Å². The lowest BCUT2D eigenvalue weighted by atomic mass is 10.0. The predicted molar refractivity (Wildman–Crippen MR) is 382 cm³/mol. The summed E-state index contributed by atoms with van der Waals surface area (Å²) in [5, 5.41) is 9.76. The number of allylic oxidation sites excluding steroid dienone is 20. The van der Waals surface area contributed by atoms with Crippen LogP contribution in [0.1, 0.15) is 309 Å². The Balaban J connectivity index is 4.13. The van der Waals surface area contributed by atoms with E-state index in [0.29, 0.717) is 23.9 Å². The highest BCUT2D eigenvalue weighted by Crippen LogP contribution is 2.17. The number of rotatable bonds is 67. The van der Waals surface area contributed by atoms with Gasteiger partial charge in [-0.05, 0) is 109 Å². The van der Waals surface area contributed by atoms with Gasteiger partial charge in [0.25, 0.3) is 6.29 Å². The highest BCUT2D eigenvalue weighted by molar-refractivity contribution is 5.71. The van der Waals surface area contributed by atoms with Crippen LogP contribution >= 0.6 is 0 Å². The van der Waals surface area contributed by atoms with Gasteiger partial charge in [0.15, 0.2) is 6.10 Å². The average molecular weight is 1240 g/mol. The first-order chi connectivity index (χ1) is 43.6. The fraction of sp³-hybridized carbons (Fsp3) is 0.713. The van der Waals surface area contributed by atoms with Gasteiger partial charge in [0.2, 0.25) is 0 Å². The Morgan fingerprint density at radius 3 is 0.955 bits per heavy atom. The lowest BCUT2D eigenvalue weighted by Gasteiger charge is -2.25. The Hall–Kier alpha value is -4.31. The molecule has 0 aromatic rings. The molecule has 510 valence electrons. The number of carboxylic acids is 1. The Morgan fingerprint density at radius 1 is 0.348 bits per heavy atom. The van der Waals surface area contributed by atoms with Crippen molar-refractivity contribution >= 4 is 17.9 Å². The van der Waals surface area contributed by atoms with E-state index in [-0.39, 0.29) is 32.2 Å². The molecule has 0 aromatic carbocycles. The molecule has 0 saturated heterocycles. The summed E-state index contributed by atoms with van der Waals surface area (Å²) in [5.41, 5.74) is 0. The third-order valence-electron chi connectivity index (χ3n) is 15.7. The molecule has 89 heavy (non-hydrogen) atoms. The van der Waals surface area contributed by atoms with Gasteiger partial charge in [0.05, 0.1) is 34.4 Å². The third-order valence-corrected chi connectivity index (χ3v) is 15.7. The van der Waals surface area contributed by atoms with Gasteiger partial charge in [-0.2, -0.15) is 0 Å². The predicted octanol–water partition coefficient (Wildman–Crippen LogP) is 23.1. The van der Waals surface area contributed by atoms with Crippen molar-refractivity contribution in [1.29, 1.82) is 0 Å². The van der Waals surface area contributed by atoms with Crippen molar-refractivity contribution in [3.8, 4) is 0 Å². The summed E-state index contributed by atoms with van der Waals surface area (Å²) in [6.45, 7) is 4.75. The van der Waals surface area contributed by atoms with Crippen molar-refractivity contribution in [3.05, 3.63) is 122 Å². The Kier molecular flexibility index (Phi) is 66.2. The summed E-state index contributed by atoms with van der Waals surface area (Å²) >= 11 is 0. The van der Waals surface area contributed by atoms with E-state index >= 15 is 0 Å². The van der Waals surface area contributed by atoms with Crippen LogP contribution in [0.5, 0.6) is 0 Å². The number of ether oxygens (including phenoxy) is 4. The van der Waals surface area contributed by atoms with Gasteiger partial charge in [0.1, 0.15) is 13.2 Å². The van der Waals surface area contributed by atoms with Crippen LogP contribution in [-0.2, 0) is 33.3 Å². The van der Waals surface area contributed by atoms with E-state index in [1.54, 1.807) is 0 Å². The minimum Gasteiger partial charge on any atom is -0.477 e. The number of nitrogens with zero attached hydrogens (tertiary/aromatic N) is 1. The average Bonchev–Trinajstić information content (AvgIpc) is 3.64. The maximum Gasteiger partial charge on any atom is 0.361 e. The molecule has 0 amide bonds. The van der Waals surface area contributed by atoms with Gasteiger partial charge in [-0.15, -0.1) is 0 Å². The Labute approximate surface area is 548 Å². The van der Waals surface area contributed by atoms with Gasteiger partial charge in [-0.1, -0.05) is 309 Å². The molecule has 0 aliphatic rings. The number of carbonyl (C=O) groups is 3. The lowest BCUT2D eigenvalue weighted by molar-refractivity contribution is -0.870. The number of unbranched alkanes of at least 4 members (excludes halogenated alkanes) is 32. The molecule has 0 bridgehead atoms. The molecule has 0 heterocycles. The smallest absolute Gasteiger partial charge is 0.361 e. The molecule has 9 heteroatoms. The number of esters is 2. The molecule has 9 nitrogen and oxygen atoms in total. The quantitative estimate of drug-likeness (QED) is 0.0211. The first kappa shape index (κ1) is 84.7. The fourth-order valence-electron chi connectivity index (χ4n) is 10.1. The second kappa shape index (κ2) is 69.6. The molecule has 2 unspecified atom stereocenters. The van der Waals surface area contributed by atoms with Crippen LogP contribution in [0, 0.1) is 0 Å². The summed E-state index contributed by atoms with van der Waals surface area (Å²) in [5.74, 6) is -2.02. The van der Waals surface area contributed by atoms with Crippen molar-refractivity contribution in [1.82, 2.24) is 0 Å². The summed E-state index contributed by atoms with van der Waals surface area (Å²) in [6, 6.07) is 0. The monoisotopic (exact) mass is 1240 g/mol. The summed E-state index contributed by atoms with van der Waals surface area (Å²) < 4.78 is 23.0. The second-order valence-corrected chi connectivity index (χ2v) is 25.5. The van der Waals surface area contributed by atoms with Crippen LogP contribution in [0.4, 0.5) is 0 Å². The molecule has 0 rings (SSSR count). The van der Waals surface area contributed by atoms with E-state index in [1.165, 1.54) is 161 Å². The largest absolute Gasteiger partial charge is 0.477 e. The number of quaternary nitrogens is 1. The minimum atomic E-state index is -1.52. The van der Waals surface area contributed by atoms with Crippen LogP contribution in [0.3, 0.4) is 0 Å². The first-order valence-electron chi connectivity index (χ1n) is 36.7. The van der Waals surface area contributed by atoms with E-state index < -0.39 is 24.3 Å². The highest BCUT2D eigenvalue weighted by Gasteiger charge is 2.25. The zero-order valence-corrected chi connectivity index (χ0v) is 58.3. The highest BCUT2D eigenvalue weighted by atomic mass is 16.7. The van der Waals surface area contributed by atoms with E-state index in [1.807, 2.05) is 21.1 Å². The second-order valence-electron chi connectivity index (χ2n) is 25.5. The normalized spacial score (nSPS) is 13.4. The van der Waals surface area contributed by atoms with Gasteiger partial charge in [-0.25, -0.2) is 4.79 Å². The number of carboxylic acid groups (broad SMARTS) is 1. The van der Waals surface area contributed by atoms with E-state index in [4.69, 9.17) is 18.9 Å². The van der Waals surface area contributed by atoms with E-state index in [9.17, 15) is 19.5 Å². The van der Waals surface area contributed by atoms with Crippen LogP contribution in [-0.4, -0.2) is 87.4 Å². The van der Waals surface area contributed by atoms with Gasteiger partial charge in [-0.3, -0.25) is 9.59 Å². The molecule has 0 radical (unpaired) electrons. The molecule has 1 N–H and O–H groups in total. The van der Waals surface area contributed by atoms with Gasteiger partial charge < -0.3 is 28.5 Å². The molecule has 2 atom stereocenters. The van der Waals surface area contributed by atoms with Gasteiger partial charge in [0, 0.05) is 12.8 Å². The van der Waals surface area contributed by atoms with Crippen LogP contribution in [0.15, 0.2) is 122 Å². The number of carbonyl (C=O) groups excluding carboxylic acids is 2. The molecular weight excluding hydrogens is 1100 g/mol. The Bertz CT molecular complexity index is 1880. The van der Waals surface area contributed by atoms with Crippen molar-refractivity contribution in [3.63, 3.8) is 0 Å². The summed E-state index contributed by atoms with van der Waals surface area (Å²) in [4.78, 5) is 37.7. The van der Waals surface area contributed by atoms with Crippen molar-refractivity contribution in [2.75, 3.05) is 47.5 Å². The first-order valence-corrected chi connectivity index (χ1v) is 36.7. The lowest BCUT2D eigenvalue weighted by Crippen LogP contribution is -2.40. The molecule has 0 spiro atoms. The zero-order valence-electron chi connectivity index (χ0n) is 58.3. The topological polar surface area (TPSA) is 108 Å². The maximum absolute atomic E-state index is 13.0. The standard InChI is InChI=1S/C80H137NO8/c1-6-8-10-12-14-16-18-20-22-24-26-28-30-32-34-36-38-39-41-42-44-46-48-50-52-54-56-58-60-62-64-66-68-70-77(82)87-74-76(75-88-80(79(84)85)86-73-72-81(3,4)5)89-78(83)71-69-67-65-63-61-59-57-55-53-51-49-47-45-43-40-37-35-33-31-29-27-25-23-21-19-17-15-13-11-9-7-2/h9,11,15,17-18,20-21,23-24,26-27,29,33,35,40,43,47,49,53,55,76,80H,6-8,10,12-14,16,19,22,25,28,30-32,34,36-39,41-42,44-46,48,50-52,54,56-75H2,1-5H3/p+1/b11-9-,17-15-,20-18-,23-21-,26-24-,29-27-,35-33-,43-40-,49-47-,55-53-. The Morgan fingerprint density at radius 2 is 0.640 bits per heavy atom. The van der Waals surface area contributed by atoms with Crippen molar-refractivity contribution < 1.29 is 42.9 Å². The molecule has 0 saturated carbocycles. The zero-order chi connectivity index (χ0) is 64.7. The summed E-state index contributed by atoms with van der Waals surface area (Å²) in [7, 11) is 5.97. The number of hydrogen-bond donors (Lipinski definition) is 1. The molecule has 0 aliphatic heterocycles. The molecular formula is C80H138NO8+. The maximum atomic E-state index is 13.0. The van der Waals surface area contributed by atoms with Crippen molar-refractivity contribution in [2.45, 2.75) is 322 Å². The number of hydrogen-bond acceptors (Lipinski definition) is 7. The number of aliphatic carboxylic acids is 1. The van der Waals surface area contributed by atoms with Crippen LogP contribution < -0.4 is 0 Å². The van der Waals surface area contributed by atoms with E-state index in [2.05, 4.69) is 135 Å². The van der Waals surface area contributed by atoms with Crippen LogP contribution in [0.25, 0.3) is 0 Å². The van der Waals surface area contributed by atoms with Gasteiger partial charge >= 0.3 is 17.9 Å². The SMILES string of the molecule is CC/C=C\C/C=C\C/C=C\C/C=C\C/C=C\C/C=C\C/C=C\C/C=C\CCCCCCCCC(=O)OC(COC(=O)CCCCCCCCCCCCCCCCCCCCCCC/C=C\C/C=C\CCCCCCC)COC(OCC[N+](C)(C)C)C(=O)O. The molecule has 0 aliphatic carbocycles. The van der Waals surface area contributed by atoms with Crippen LogP contribution in [0.2, 0.25) is 0 Å². The number of likely N-dealkylation sites (N-methyl/N-ethyl adjacent to an activating group) is 1. The fourth-order valence-corrected chi connectivity index (χ4v) is 10.1.